The molecule has 5 N–H and O–H groups in total. The van der Waals surface area contributed by atoms with E-state index < -0.39 is 36.4 Å². The van der Waals surface area contributed by atoms with Crippen LogP contribution in [0.4, 0.5) is 0 Å². The number of fused-ring (bicyclic) bond motifs is 2. The number of imide groups is 1. The highest BCUT2D eigenvalue weighted by Crippen LogP contribution is 2.46. The molecule has 0 saturated carbocycles. The third-order valence-electron chi connectivity index (χ3n) is 8.44. The van der Waals surface area contributed by atoms with Gasteiger partial charge in [0.1, 0.15) is 5.75 Å². The van der Waals surface area contributed by atoms with E-state index in [2.05, 4.69) is 0 Å². The van der Waals surface area contributed by atoms with E-state index in [1.165, 1.54) is 4.90 Å². The molecule has 1 aliphatic carbocycles. The lowest BCUT2D eigenvalue weighted by atomic mass is 9.68. The van der Waals surface area contributed by atoms with Crippen LogP contribution < -0.4 is 0 Å². The number of unbranched alkanes of at least 4 members (excludes halogenated alkanes) is 2. The fourth-order valence-electron chi connectivity index (χ4n) is 6.40. The molecule has 0 spiro atoms. The Kier molecular flexibility index (Phi) is 9.96. The summed E-state index contributed by atoms with van der Waals surface area (Å²) in [5, 5.41) is 52.4. The average Bonchev–Trinajstić information content (AvgIpc) is 3.20. The normalized spacial score (nSPS) is 22.0. The quantitative estimate of drug-likeness (QED) is 0.140. The number of benzene rings is 2. The lowest BCUT2D eigenvalue weighted by molar-refractivity contribution is -0.141. The number of allylic oxidation sites excluding steroid dienone is 1. The van der Waals surface area contributed by atoms with E-state index in [0.29, 0.717) is 43.3 Å². The van der Waals surface area contributed by atoms with Crippen LogP contribution in [0.3, 0.4) is 0 Å². The highest BCUT2D eigenvalue weighted by atomic mass is 16.4. The number of hydrogen-bond donors (Lipinski definition) is 5. The second-order valence-electron chi connectivity index (χ2n) is 11.1. The standard InChI is InChI=1S/C32H39NO8/c1-19(15-20-11-13-26(36)23-8-5-4-7-22(20)23)10-12-27(37)29-21(17-34)16-24-30(25(29)18-35)32(41)33(31(24)40)14-6-2-3-9-28(38)39/h4-5,7-8,11,13,15,24-25,27,30,34-37H,2-3,6,9-10,12,14,16-18H2,1H3,(H,38,39)/b19-15+/t24-,25+,27-,30-/m1/s1. The molecule has 2 aliphatic rings. The number of hydrogen-bond acceptors (Lipinski definition) is 7. The number of aliphatic hydroxyl groups is 3. The first-order valence-corrected chi connectivity index (χ1v) is 14.2. The largest absolute Gasteiger partial charge is 0.507 e. The third kappa shape index (κ3) is 6.53. The molecule has 0 aromatic heterocycles. The van der Waals surface area contributed by atoms with E-state index in [4.69, 9.17) is 5.11 Å². The van der Waals surface area contributed by atoms with Crippen LogP contribution in [0.5, 0.6) is 5.75 Å². The summed E-state index contributed by atoms with van der Waals surface area (Å²) in [4.78, 5) is 38.5. The molecule has 2 aromatic rings. The number of carboxylic acid groups (broad SMARTS) is 1. The van der Waals surface area contributed by atoms with Crippen LogP contribution >= 0.6 is 0 Å². The zero-order chi connectivity index (χ0) is 29.7. The number of rotatable bonds is 13. The number of phenolic OH excluding ortho intramolecular Hbond substituents is 1. The minimum Gasteiger partial charge on any atom is -0.507 e. The lowest BCUT2D eigenvalue weighted by Crippen LogP contribution is -2.39. The van der Waals surface area contributed by atoms with Crippen LogP contribution in [0, 0.1) is 17.8 Å². The van der Waals surface area contributed by atoms with Gasteiger partial charge >= 0.3 is 5.97 Å². The highest BCUT2D eigenvalue weighted by molar-refractivity contribution is 6.06. The van der Waals surface area contributed by atoms with Crippen LogP contribution in [-0.2, 0) is 14.4 Å². The molecule has 1 heterocycles. The zero-order valence-corrected chi connectivity index (χ0v) is 23.3. The van der Waals surface area contributed by atoms with E-state index in [9.17, 15) is 34.8 Å². The predicted molar refractivity (Wildman–Crippen MR) is 154 cm³/mol. The molecular weight excluding hydrogens is 526 g/mol. The summed E-state index contributed by atoms with van der Waals surface area (Å²) in [6, 6.07) is 11.0. The van der Waals surface area contributed by atoms with Crippen LogP contribution in [0.25, 0.3) is 16.8 Å². The molecule has 2 aromatic carbocycles. The Morgan fingerprint density at radius 3 is 2.44 bits per heavy atom. The van der Waals surface area contributed by atoms with Crippen molar-refractivity contribution in [3.63, 3.8) is 0 Å². The van der Waals surface area contributed by atoms with E-state index in [0.717, 1.165) is 21.9 Å². The van der Waals surface area contributed by atoms with Crippen LogP contribution in [0.1, 0.15) is 57.4 Å². The molecule has 41 heavy (non-hydrogen) atoms. The van der Waals surface area contributed by atoms with E-state index in [1.54, 1.807) is 6.07 Å². The van der Waals surface area contributed by atoms with Gasteiger partial charge in [-0.15, -0.1) is 0 Å². The summed E-state index contributed by atoms with van der Waals surface area (Å²) in [5.74, 6) is -3.66. The number of aromatic hydroxyl groups is 1. The van der Waals surface area contributed by atoms with Gasteiger partial charge in [-0.3, -0.25) is 19.3 Å². The predicted octanol–water partition coefficient (Wildman–Crippen LogP) is 3.64. The van der Waals surface area contributed by atoms with Crippen molar-refractivity contribution in [2.75, 3.05) is 19.8 Å². The molecular formula is C32H39NO8. The molecule has 4 atom stereocenters. The molecule has 0 unspecified atom stereocenters. The van der Waals surface area contributed by atoms with Gasteiger partial charge in [-0.25, -0.2) is 0 Å². The van der Waals surface area contributed by atoms with Crippen molar-refractivity contribution in [3.05, 3.63) is 58.7 Å². The van der Waals surface area contributed by atoms with Crippen molar-refractivity contribution >= 4 is 34.6 Å². The third-order valence-corrected chi connectivity index (χ3v) is 8.44. The van der Waals surface area contributed by atoms with Gasteiger partial charge in [0.15, 0.2) is 0 Å². The Labute approximate surface area is 239 Å². The summed E-state index contributed by atoms with van der Waals surface area (Å²) in [5.41, 5.74) is 2.87. The molecule has 9 nitrogen and oxygen atoms in total. The van der Waals surface area contributed by atoms with Crippen molar-refractivity contribution in [2.45, 2.75) is 58.0 Å². The van der Waals surface area contributed by atoms with E-state index in [-0.39, 0.29) is 43.6 Å². The second-order valence-corrected chi connectivity index (χ2v) is 11.1. The Bertz CT molecular complexity index is 1360. The lowest BCUT2D eigenvalue weighted by Gasteiger charge is -2.36. The van der Waals surface area contributed by atoms with E-state index >= 15 is 0 Å². The van der Waals surface area contributed by atoms with Crippen molar-refractivity contribution in [2.24, 2.45) is 17.8 Å². The number of phenols is 1. The topological polar surface area (TPSA) is 156 Å². The first-order chi connectivity index (χ1) is 19.7. The smallest absolute Gasteiger partial charge is 0.303 e. The summed E-state index contributed by atoms with van der Waals surface area (Å²) in [6.45, 7) is 1.32. The first-order valence-electron chi connectivity index (χ1n) is 14.2. The fraction of sp³-hybridized carbons (Fsp3) is 0.469. The van der Waals surface area contributed by atoms with Gasteiger partial charge in [0.25, 0.3) is 0 Å². The average molecular weight is 566 g/mol. The van der Waals surface area contributed by atoms with Crippen molar-refractivity contribution < 1.29 is 39.9 Å². The number of carboxylic acids is 1. The molecule has 1 saturated heterocycles. The number of carbonyl (C=O) groups is 3. The molecule has 0 radical (unpaired) electrons. The summed E-state index contributed by atoms with van der Waals surface area (Å²) < 4.78 is 0. The maximum atomic E-state index is 13.4. The maximum absolute atomic E-state index is 13.4. The zero-order valence-electron chi connectivity index (χ0n) is 23.3. The number of aliphatic hydroxyl groups excluding tert-OH is 3. The minimum atomic E-state index is -1.01. The Morgan fingerprint density at radius 1 is 1.02 bits per heavy atom. The number of amides is 2. The van der Waals surface area contributed by atoms with Gasteiger partial charge in [-0.2, -0.15) is 0 Å². The van der Waals surface area contributed by atoms with Crippen LogP contribution in [-0.4, -0.2) is 74.1 Å². The second kappa shape index (κ2) is 13.4. The Hall–Kier alpha value is -3.53. The van der Waals surface area contributed by atoms with Crippen molar-refractivity contribution in [3.8, 4) is 5.75 Å². The molecule has 1 fully saturated rings. The summed E-state index contributed by atoms with van der Waals surface area (Å²) in [7, 11) is 0. The Balaban J connectivity index is 1.47. The van der Waals surface area contributed by atoms with Gasteiger partial charge < -0.3 is 25.5 Å². The molecule has 0 bridgehead atoms. The number of nitrogens with zero attached hydrogens (tertiary/aromatic N) is 1. The fourth-order valence-corrected chi connectivity index (χ4v) is 6.40. The molecule has 9 heteroatoms. The van der Waals surface area contributed by atoms with E-state index in [1.807, 2.05) is 43.3 Å². The molecule has 1 aliphatic heterocycles. The molecule has 2 amide bonds. The van der Waals surface area contributed by atoms with Crippen molar-refractivity contribution in [1.29, 1.82) is 0 Å². The summed E-state index contributed by atoms with van der Waals surface area (Å²) >= 11 is 0. The van der Waals surface area contributed by atoms with Crippen LogP contribution in [0.2, 0.25) is 0 Å². The SMILES string of the molecule is C/C(=C\c1ccc(O)c2ccccc12)CC[C@@H](O)C1=C(CO)C[C@H]2C(=O)N(CCCCCC(=O)O)C(=O)[C@H]2[C@H]1CO. The van der Waals surface area contributed by atoms with Gasteiger partial charge in [0.05, 0.1) is 31.2 Å². The number of carbonyl (C=O) groups excluding carboxylic acids is 2. The van der Waals surface area contributed by atoms with Gasteiger partial charge in [0.2, 0.25) is 11.8 Å². The summed E-state index contributed by atoms with van der Waals surface area (Å²) in [6.07, 6.45) is 3.52. The number of likely N-dealkylation sites (tertiary alicyclic amines) is 1. The molecule has 220 valence electrons. The van der Waals surface area contributed by atoms with Gasteiger partial charge in [0, 0.05) is 24.3 Å². The van der Waals surface area contributed by atoms with Crippen LogP contribution in [0.15, 0.2) is 53.1 Å². The van der Waals surface area contributed by atoms with Gasteiger partial charge in [-0.05, 0) is 67.2 Å². The monoisotopic (exact) mass is 565 g/mol. The molecule has 4 rings (SSSR count). The highest BCUT2D eigenvalue weighted by Gasteiger charge is 2.54. The van der Waals surface area contributed by atoms with Crippen molar-refractivity contribution in [1.82, 2.24) is 4.90 Å². The van der Waals surface area contributed by atoms with Gasteiger partial charge in [-0.1, -0.05) is 48.4 Å². The Morgan fingerprint density at radius 2 is 1.76 bits per heavy atom. The maximum Gasteiger partial charge on any atom is 0.303 e. The minimum absolute atomic E-state index is 0.0327. The number of aliphatic carboxylic acids is 1. The first kappa shape index (κ1) is 30.4.